The van der Waals surface area contributed by atoms with Crippen LogP contribution < -0.4 is 10.9 Å². The van der Waals surface area contributed by atoms with Crippen molar-refractivity contribution < 1.29 is 18.7 Å². The van der Waals surface area contributed by atoms with Crippen molar-refractivity contribution in [2.45, 2.75) is 58.7 Å². The molecule has 8 nitrogen and oxygen atoms in total. The fourth-order valence-electron chi connectivity index (χ4n) is 3.21. The zero-order valence-corrected chi connectivity index (χ0v) is 17.8. The lowest BCUT2D eigenvalue weighted by molar-refractivity contribution is -0.154. The van der Waals surface area contributed by atoms with Gasteiger partial charge in [0.2, 0.25) is 0 Å². The minimum atomic E-state index is -0.951. The second kappa shape index (κ2) is 10.6. The molecule has 0 aliphatic heterocycles. The highest BCUT2D eigenvalue weighted by atomic mass is 16.5. The summed E-state index contributed by atoms with van der Waals surface area (Å²) in [5, 5.41) is 2.64. The normalized spacial score (nSPS) is 11.9. The minimum Gasteiger partial charge on any atom is -0.467 e. The van der Waals surface area contributed by atoms with Gasteiger partial charge in [0.05, 0.1) is 30.3 Å². The number of benzene rings is 1. The molecular weight excluding hydrogens is 398 g/mol. The van der Waals surface area contributed by atoms with E-state index in [1.165, 1.54) is 13.2 Å². The first-order chi connectivity index (χ1) is 15.0. The molecule has 0 unspecified atom stereocenters. The van der Waals surface area contributed by atoms with Crippen molar-refractivity contribution in [3.63, 3.8) is 0 Å². The van der Waals surface area contributed by atoms with Gasteiger partial charge in [-0.2, -0.15) is 0 Å². The first kappa shape index (κ1) is 22.3. The van der Waals surface area contributed by atoms with E-state index in [0.717, 1.165) is 18.4 Å². The number of nitrogens with zero attached hydrogens (tertiary/aromatic N) is 2. The van der Waals surface area contributed by atoms with Gasteiger partial charge in [0, 0.05) is 13.0 Å². The number of aromatic nitrogens is 2. The molecule has 0 saturated carbocycles. The number of fused-ring (bicyclic) bond motifs is 1. The molecule has 0 spiro atoms. The predicted molar refractivity (Wildman–Crippen MR) is 115 cm³/mol. The van der Waals surface area contributed by atoms with Crippen LogP contribution in [0.5, 0.6) is 0 Å². The van der Waals surface area contributed by atoms with Crippen molar-refractivity contribution >= 4 is 22.9 Å². The van der Waals surface area contributed by atoms with Crippen molar-refractivity contribution in [3.05, 3.63) is 64.5 Å². The number of carbonyl (C=O) groups excluding carboxylic acids is 2. The molecule has 2 aromatic heterocycles. The third kappa shape index (κ3) is 5.81. The van der Waals surface area contributed by atoms with Gasteiger partial charge in [-0.05, 0) is 37.6 Å². The number of aryl methyl sites for hydroxylation is 2. The molecule has 1 aromatic carbocycles. The van der Waals surface area contributed by atoms with E-state index < -0.39 is 18.0 Å². The Morgan fingerprint density at radius 3 is 2.77 bits per heavy atom. The third-order valence-corrected chi connectivity index (χ3v) is 4.92. The smallest absolute Gasteiger partial charge is 0.306 e. The first-order valence-electron chi connectivity index (χ1n) is 10.5. The molecule has 8 heteroatoms. The summed E-state index contributed by atoms with van der Waals surface area (Å²) < 4.78 is 12.1. The highest BCUT2D eigenvalue weighted by Gasteiger charge is 2.19. The molecule has 0 bridgehead atoms. The first-order valence-corrected chi connectivity index (χ1v) is 10.5. The van der Waals surface area contributed by atoms with Crippen LogP contribution in [-0.4, -0.2) is 27.5 Å². The maximum atomic E-state index is 12.9. The Morgan fingerprint density at radius 1 is 1.23 bits per heavy atom. The molecule has 0 saturated heterocycles. The van der Waals surface area contributed by atoms with E-state index in [1.807, 2.05) is 24.3 Å². The quantitative estimate of drug-likeness (QED) is 0.501. The average molecular weight is 425 g/mol. The maximum Gasteiger partial charge on any atom is 0.306 e. The number of para-hydroxylation sites is 2. The molecule has 0 aliphatic rings. The van der Waals surface area contributed by atoms with Gasteiger partial charge in [0.15, 0.2) is 6.10 Å². The topological polar surface area (TPSA) is 103 Å². The fourth-order valence-corrected chi connectivity index (χ4v) is 3.21. The molecule has 3 aromatic rings. The largest absolute Gasteiger partial charge is 0.467 e. The Morgan fingerprint density at radius 2 is 2.03 bits per heavy atom. The summed E-state index contributed by atoms with van der Waals surface area (Å²) in [5.41, 5.74) is 1.63. The summed E-state index contributed by atoms with van der Waals surface area (Å²) in [5.74, 6) is -0.376. The summed E-state index contributed by atoms with van der Waals surface area (Å²) in [4.78, 5) is 41.7. The van der Waals surface area contributed by atoms with Gasteiger partial charge in [-0.25, -0.2) is 4.98 Å². The molecule has 1 atom stereocenters. The Bertz CT molecular complexity index is 1090. The number of unbranched alkanes of at least 4 members (excludes halogenated alkanes) is 1. The molecule has 1 N–H and O–H groups in total. The van der Waals surface area contributed by atoms with Gasteiger partial charge < -0.3 is 19.0 Å². The van der Waals surface area contributed by atoms with E-state index in [-0.39, 0.29) is 24.9 Å². The molecule has 2 heterocycles. The van der Waals surface area contributed by atoms with Gasteiger partial charge >= 0.3 is 5.97 Å². The molecule has 1 amide bonds. The summed E-state index contributed by atoms with van der Waals surface area (Å²) in [6.07, 6.45) is 2.51. The molecule has 164 valence electrons. The van der Waals surface area contributed by atoms with Crippen molar-refractivity contribution in [2.75, 3.05) is 0 Å². The van der Waals surface area contributed by atoms with Gasteiger partial charge in [-0.1, -0.05) is 25.5 Å². The monoisotopic (exact) mass is 425 g/mol. The molecule has 0 radical (unpaired) electrons. The van der Waals surface area contributed by atoms with E-state index >= 15 is 0 Å². The lowest BCUT2D eigenvalue weighted by atomic mass is 10.2. The summed E-state index contributed by atoms with van der Waals surface area (Å²) in [6, 6.07) is 10.9. The van der Waals surface area contributed by atoms with E-state index in [1.54, 1.807) is 16.7 Å². The number of furan rings is 1. The van der Waals surface area contributed by atoms with Gasteiger partial charge in [-0.15, -0.1) is 0 Å². The lowest BCUT2D eigenvalue weighted by Crippen LogP contribution is -2.35. The number of nitrogens with one attached hydrogen (secondary N) is 1. The van der Waals surface area contributed by atoms with Crippen molar-refractivity contribution in [1.29, 1.82) is 0 Å². The van der Waals surface area contributed by atoms with Crippen LogP contribution in [0.3, 0.4) is 0 Å². The molecule has 0 fully saturated rings. The number of ether oxygens (including phenoxy) is 1. The SMILES string of the molecule is CCCCn1c(=O)c(CCC(=O)O[C@H](C)C(=O)NCc2ccco2)nc2ccccc21. The standard InChI is InChI=1S/C23H27N3O5/c1-3-4-13-26-20-10-6-5-9-18(20)25-19(23(26)29)11-12-21(27)31-16(2)22(28)24-15-17-8-7-14-30-17/h5-10,14,16H,3-4,11-13,15H2,1-2H3,(H,24,28)/t16-/m1/s1. The zero-order valence-electron chi connectivity index (χ0n) is 17.8. The number of hydrogen-bond donors (Lipinski definition) is 1. The Kier molecular flexibility index (Phi) is 7.59. The third-order valence-electron chi connectivity index (χ3n) is 4.92. The van der Waals surface area contributed by atoms with E-state index in [0.29, 0.717) is 23.5 Å². The van der Waals surface area contributed by atoms with E-state index in [2.05, 4.69) is 17.2 Å². The Balaban J connectivity index is 1.61. The Labute approximate surface area is 180 Å². The van der Waals surface area contributed by atoms with Crippen LogP contribution in [0.25, 0.3) is 11.0 Å². The van der Waals surface area contributed by atoms with Crippen LogP contribution in [0.4, 0.5) is 0 Å². The number of esters is 1. The van der Waals surface area contributed by atoms with Crippen LogP contribution >= 0.6 is 0 Å². The van der Waals surface area contributed by atoms with Gasteiger partial charge in [0.25, 0.3) is 11.5 Å². The molecular formula is C23H27N3O5. The van der Waals surface area contributed by atoms with Crippen LogP contribution in [-0.2, 0) is 33.8 Å². The van der Waals surface area contributed by atoms with Gasteiger partial charge in [0.1, 0.15) is 11.5 Å². The predicted octanol–water partition coefficient (Wildman–Crippen LogP) is 2.97. The molecule has 0 aliphatic carbocycles. The summed E-state index contributed by atoms with van der Waals surface area (Å²) >= 11 is 0. The second-order valence-electron chi connectivity index (χ2n) is 7.29. The summed E-state index contributed by atoms with van der Waals surface area (Å²) in [6.45, 7) is 4.38. The molecule has 31 heavy (non-hydrogen) atoms. The maximum absolute atomic E-state index is 12.9. The highest BCUT2D eigenvalue weighted by Crippen LogP contribution is 2.12. The number of amides is 1. The zero-order chi connectivity index (χ0) is 22.2. The number of hydrogen-bond acceptors (Lipinski definition) is 6. The molecule has 3 rings (SSSR count). The van der Waals surface area contributed by atoms with Crippen LogP contribution in [0.15, 0.2) is 51.9 Å². The number of carbonyl (C=O) groups is 2. The van der Waals surface area contributed by atoms with Crippen LogP contribution in [0.1, 0.15) is 44.6 Å². The average Bonchev–Trinajstić information content (AvgIpc) is 3.29. The summed E-state index contributed by atoms with van der Waals surface area (Å²) in [7, 11) is 0. The van der Waals surface area contributed by atoms with E-state index in [9.17, 15) is 14.4 Å². The van der Waals surface area contributed by atoms with Gasteiger partial charge in [-0.3, -0.25) is 14.4 Å². The second-order valence-corrected chi connectivity index (χ2v) is 7.29. The Hall–Kier alpha value is -3.42. The number of rotatable bonds is 10. The van der Waals surface area contributed by atoms with E-state index in [4.69, 9.17) is 9.15 Å². The minimum absolute atomic E-state index is 0.0375. The van der Waals surface area contributed by atoms with Crippen LogP contribution in [0, 0.1) is 0 Å². The van der Waals surface area contributed by atoms with Crippen molar-refractivity contribution in [2.24, 2.45) is 0 Å². The lowest BCUT2D eigenvalue weighted by Gasteiger charge is -2.14. The van der Waals surface area contributed by atoms with Crippen molar-refractivity contribution in [1.82, 2.24) is 14.9 Å². The van der Waals surface area contributed by atoms with Crippen LogP contribution in [0.2, 0.25) is 0 Å². The fraction of sp³-hybridized carbons (Fsp3) is 0.391. The highest BCUT2D eigenvalue weighted by molar-refractivity contribution is 5.83. The van der Waals surface area contributed by atoms with Crippen molar-refractivity contribution in [3.8, 4) is 0 Å².